The number of ether oxygens (including phenoxy) is 1. The second-order valence-electron chi connectivity index (χ2n) is 9.95. The van der Waals surface area contributed by atoms with Gasteiger partial charge in [0.25, 0.3) is 11.4 Å². The van der Waals surface area contributed by atoms with Crippen molar-refractivity contribution in [1.29, 1.82) is 0 Å². The molecule has 4 unspecified atom stereocenters. The molecule has 4 atom stereocenters. The van der Waals surface area contributed by atoms with Crippen molar-refractivity contribution >= 4 is 40.8 Å². The number of carboxylic acids is 1. The van der Waals surface area contributed by atoms with Crippen LogP contribution in [0.3, 0.4) is 0 Å². The first-order valence-electron chi connectivity index (χ1n) is 12.6. The Morgan fingerprint density at radius 1 is 0.952 bits per heavy atom. The van der Waals surface area contributed by atoms with Crippen molar-refractivity contribution in [3.8, 4) is 5.75 Å². The molecule has 5 rings (SSSR count). The topological polar surface area (TPSA) is 199 Å². The number of fused-ring (bicyclic) bond motifs is 1. The first-order valence-corrected chi connectivity index (χ1v) is 12.6. The van der Waals surface area contributed by atoms with Crippen LogP contribution in [0.25, 0.3) is 0 Å². The van der Waals surface area contributed by atoms with Gasteiger partial charge >= 0.3 is 11.9 Å². The van der Waals surface area contributed by atoms with Crippen LogP contribution in [-0.4, -0.2) is 44.2 Å². The molecule has 42 heavy (non-hydrogen) atoms. The fourth-order valence-electron chi connectivity index (χ4n) is 5.69. The number of aliphatic carboxylic acids is 1. The lowest BCUT2D eigenvalue weighted by Gasteiger charge is -2.31. The number of nitro groups is 2. The highest BCUT2D eigenvalue weighted by molar-refractivity contribution is 6.24. The van der Waals surface area contributed by atoms with E-state index in [0.29, 0.717) is 11.1 Å². The van der Waals surface area contributed by atoms with Gasteiger partial charge in [-0.25, -0.2) is 4.90 Å². The van der Waals surface area contributed by atoms with E-state index in [0.717, 1.165) is 11.0 Å². The summed E-state index contributed by atoms with van der Waals surface area (Å²) in [4.78, 5) is 74.3. The zero-order valence-electron chi connectivity index (χ0n) is 21.8. The number of amides is 2. The first-order chi connectivity index (χ1) is 19.9. The van der Waals surface area contributed by atoms with Crippen LogP contribution in [0.4, 0.5) is 17.1 Å². The molecule has 0 bridgehead atoms. The molecule has 2 N–H and O–H groups in total. The van der Waals surface area contributed by atoms with Crippen molar-refractivity contribution in [3.63, 3.8) is 0 Å². The van der Waals surface area contributed by atoms with E-state index in [-0.39, 0.29) is 29.2 Å². The highest BCUT2D eigenvalue weighted by Crippen LogP contribution is 2.51. The summed E-state index contributed by atoms with van der Waals surface area (Å²) in [6.45, 7) is 1.22. The number of nitro benzene ring substituents is 2. The Morgan fingerprint density at radius 3 is 2.17 bits per heavy atom. The second kappa shape index (κ2) is 10.5. The van der Waals surface area contributed by atoms with E-state index in [1.54, 1.807) is 0 Å². The first kappa shape index (κ1) is 28.0. The van der Waals surface area contributed by atoms with Crippen molar-refractivity contribution in [1.82, 2.24) is 5.32 Å². The van der Waals surface area contributed by atoms with Crippen LogP contribution in [0.15, 0.2) is 72.8 Å². The van der Waals surface area contributed by atoms with Crippen molar-refractivity contribution in [2.24, 2.45) is 11.8 Å². The minimum atomic E-state index is -2.04. The third-order valence-electron chi connectivity index (χ3n) is 7.47. The number of anilines is 1. The summed E-state index contributed by atoms with van der Waals surface area (Å²) >= 11 is 0. The molecule has 3 aromatic rings. The molecular formula is C28H22N4O10. The Bertz CT molecular complexity index is 1640. The van der Waals surface area contributed by atoms with Crippen LogP contribution in [0.5, 0.6) is 5.75 Å². The Hall–Kier alpha value is -5.50. The van der Waals surface area contributed by atoms with Crippen molar-refractivity contribution in [2.75, 3.05) is 4.90 Å². The molecule has 14 nitrogen and oxygen atoms in total. The fraction of sp³-hybridized carbons (Fsp3) is 0.214. The van der Waals surface area contributed by atoms with Gasteiger partial charge in [-0.2, -0.15) is 0 Å². The average molecular weight is 575 g/mol. The lowest BCUT2D eigenvalue weighted by molar-refractivity contribution is -0.385. The van der Waals surface area contributed by atoms with Gasteiger partial charge in [-0.3, -0.25) is 44.7 Å². The van der Waals surface area contributed by atoms with Gasteiger partial charge in [-0.15, -0.1) is 0 Å². The van der Waals surface area contributed by atoms with Crippen LogP contribution < -0.4 is 15.0 Å². The van der Waals surface area contributed by atoms with E-state index in [1.165, 1.54) is 73.7 Å². The van der Waals surface area contributed by atoms with Crippen LogP contribution in [0.1, 0.15) is 24.1 Å². The molecule has 3 aromatic carbocycles. The molecule has 2 aliphatic heterocycles. The van der Waals surface area contributed by atoms with E-state index in [9.17, 15) is 44.5 Å². The van der Waals surface area contributed by atoms with Gasteiger partial charge in [0.1, 0.15) is 11.3 Å². The number of hydrogen-bond acceptors (Lipinski definition) is 10. The number of carboxylic acid groups (broad SMARTS) is 1. The molecule has 214 valence electrons. The van der Waals surface area contributed by atoms with E-state index in [4.69, 9.17) is 4.74 Å². The number of nitrogens with one attached hydrogen (secondary N) is 1. The van der Waals surface area contributed by atoms with E-state index in [1.807, 2.05) is 0 Å². The molecule has 0 radical (unpaired) electrons. The summed E-state index contributed by atoms with van der Waals surface area (Å²) < 4.78 is 5.06. The maximum Gasteiger partial charge on any atom is 0.325 e. The average Bonchev–Trinajstić information content (AvgIpc) is 3.42. The van der Waals surface area contributed by atoms with Gasteiger partial charge in [0.15, 0.2) is 0 Å². The molecule has 2 fully saturated rings. The summed E-state index contributed by atoms with van der Waals surface area (Å²) in [6, 6.07) is 15.1. The highest BCUT2D eigenvalue weighted by atomic mass is 16.6. The quantitative estimate of drug-likeness (QED) is 0.132. The largest absolute Gasteiger partial charge is 0.480 e. The van der Waals surface area contributed by atoms with Crippen molar-refractivity contribution in [2.45, 2.75) is 24.9 Å². The summed E-state index contributed by atoms with van der Waals surface area (Å²) in [5.74, 6) is -6.07. The van der Waals surface area contributed by atoms with Gasteiger partial charge < -0.3 is 9.84 Å². The standard InChI is InChI=1S/C28H22N4O10/c1-15(33)42-21-11-7-17(8-12-21)24-22-23(26(35)30(25(22)34)19-3-2-4-20(13-19)32(40)41)28(29-24,27(36)37)14-16-5-9-18(10-6-16)31(38)39/h2-13,22-24,29H,14H2,1H3,(H,36,37). The van der Waals surface area contributed by atoms with Crippen molar-refractivity contribution in [3.05, 3.63) is 104 Å². The minimum Gasteiger partial charge on any atom is -0.480 e. The smallest absolute Gasteiger partial charge is 0.325 e. The number of esters is 1. The van der Waals surface area contributed by atoms with Crippen molar-refractivity contribution < 1.29 is 38.9 Å². The Balaban J connectivity index is 1.62. The Labute approximate surface area is 236 Å². The SMILES string of the molecule is CC(=O)Oc1ccc(C2NC(Cc3ccc([N+](=O)[O-])cc3)(C(=O)O)C3C(=O)N(c4cccc([N+](=O)[O-])c4)C(=O)C23)cc1. The monoisotopic (exact) mass is 574 g/mol. The number of hydrogen-bond donors (Lipinski definition) is 2. The number of rotatable bonds is 8. The van der Waals surface area contributed by atoms with Crippen LogP contribution in [0, 0.1) is 32.1 Å². The minimum absolute atomic E-state index is 0.0767. The molecule has 0 aromatic heterocycles. The third kappa shape index (κ3) is 4.73. The normalized spacial score (nSPS) is 23.0. The number of imide groups is 1. The molecule has 2 amide bonds. The Morgan fingerprint density at radius 2 is 1.60 bits per heavy atom. The number of non-ortho nitro benzene ring substituents is 2. The van der Waals surface area contributed by atoms with Gasteiger partial charge in [-0.05, 0) is 29.3 Å². The third-order valence-corrected chi connectivity index (χ3v) is 7.47. The van der Waals surface area contributed by atoms with E-state index < -0.39 is 57.0 Å². The zero-order chi connectivity index (χ0) is 30.3. The van der Waals surface area contributed by atoms with Gasteiger partial charge in [0.2, 0.25) is 11.8 Å². The van der Waals surface area contributed by atoms with E-state index >= 15 is 0 Å². The molecular weight excluding hydrogens is 552 g/mol. The predicted octanol–water partition coefficient (Wildman–Crippen LogP) is 2.94. The van der Waals surface area contributed by atoms with Crippen LogP contribution in [-0.2, 0) is 25.6 Å². The van der Waals surface area contributed by atoms with Gasteiger partial charge in [0, 0.05) is 43.7 Å². The summed E-state index contributed by atoms with van der Waals surface area (Å²) in [5.41, 5.74) is -1.91. The number of benzene rings is 3. The zero-order valence-corrected chi connectivity index (χ0v) is 21.8. The molecule has 2 saturated heterocycles. The lowest BCUT2D eigenvalue weighted by Crippen LogP contribution is -2.57. The summed E-state index contributed by atoms with van der Waals surface area (Å²) in [5, 5.41) is 36.1. The van der Waals surface area contributed by atoms with E-state index in [2.05, 4.69) is 5.32 Å². The molecule has 0 saturated carbocycles. The predicted molar refractivity (Wildman–Crippen MR) is 143 cm³/mol. The lowest BCUT2D eigenvalue weighted by atomic mass is 9.76. The molecule has 0 spiro atoms. The number of carbonyl (C=O) groups is 4. The molecule has 0 aliphatic carbocycles. The maximum absolute atomic E-state index is 14.0. The van der Waals surface area contributed by atoms with Gasteiger partial charge in [0.05, 0.1) is 27.4 Å². The van der Waals surface area contributed by atoms with Gasteiger partial charge in [-0.1, -0.05) is 30.3 Å². The van der Waals surface area contributed by atoms with Crippen LogP contribution >= 0.6 is 0 Å². The number of carbonyl (C=O) groups excluding carboxylic acids is 3. The Kier molecular flexibility index (Phi) is 7.00. The second-order valence-corrected chi connectivity index (χ2v) is 9.95. The van der Waals surface area contributed by atoms with Crippen LogP contribution in [0.2, 0.25) is 0 Å². The molecule has 2 heterocycles. The number of nitrogens with zero attached hydrogens (tertiary/aromatic N) is 3. The molecule has 2 aliphatic rings. The maximum atomic E-state index is 14.0. The highest BCUT2D eigenvalue weighted by Gasteiger charge is 2.68. The summed E-state index contributed by atoms with van der Waals surface area (Å²) in [6.07, 6.45) is -0.314. The molecule has 14 heteroatoms. The fourth-order valence-corrected chi connectivity index (χ4v) is 5.69. The summed E-state index contributed by atoms with van der Waals surface area (Å²) in [7, 11) is 0.